The first-order chi connectivity index (χ1) is 21.2. The van der Waals surface area contributed by atoms with Gasteiger partial charge in [-0.15, -0.1) is 0 Å². The zero-order chi connectivity index (χ0) is 33.4. The van der Waals surface area contributed by atoms with Crippen molar-refractivity contribution in [3.05, 3.63) is 33.7 Å². The number of aromatic hydroxyl groups is 1. The van der Waals surface area contributed by atoms with Crippen LogP contribution in [0.4, 0.5) is 0 Å². The minimum Gasteiger partial charge on any atom is -0.502 e. The number of hydrogen-bond donors (Lipinski definition) is 10. The SMILES string of the molecule is CCN(CC)CCc1c(C)c2ccc(OC3O[C@](O)(CO)C(OC4O[C@](O)(CO)[C@H](O)[C@H](O)[C@H]4O)[C@H](O)[C@H]3O)c(O)c2oc1=O. The van der Waals surface area contributed by atoms with Gasteiger partial charge in [-0.25, -0.2) is 4.79 Å². The second-order valence-electron chi connectivity index (χ2n) is 11.1. The molecule has 2 fully saturated rings. The van der Waals surface area contributed by atoms with Crippen LogP contribution in [-0.2, 0) is 20.6 Å². The topological polar surface area (TPSA) is 273 Å². The molecule has 0 aliphatic carbocycles. The molecule has 2 saturated heterocycles. The van der Waals surface area contributed by atoms with Crippen LogP contribution in [0, 0.1) is 6.92 Å². The summed E-state index contributed by atoms with van der Waals surface area (Å²) in [7, 11) is 0. The second-order valence-corrected chi connectivity index (χ2v) is 11.1. The Morgan fingerprint density at radius 1 is 0.889 bits per heavy atom. The predicted octanol–water partition coefficient (Wildman–Crippen LogP) is -3.67. The largest absolute Gasteiger partial charge is 0.502 e. The molecular formula is C28H41NO16. The third-order valence-electron chi connectivity index (χ3n) is 8.38. The zero-order valence-corrected chi connectivity index (χ0v) is 24.9. The van der Waals surface area contributed by atoms with E-state index < -0.39 is 91.1 Å². The van der Waals surface area contributed by atoms with Crippen molar-refractivity contribution in [1.29, 1.82) is 0 Å². The maximum absolute atomic E-state index is 12.8. The molecule has 0 amide bonds. The van der Waals surface area contributed by atoms with Crippen LogP contribution in [0.15, 0.2) is 21.3 Å². The van der Waals surface area contributed by atoms with Gasteiger partial charge in [0.25, 0.3) is 0 Å². The van der Waals surface area contributed by atoms with Crippen molar-refractivity contribution in [3.63, 3.8) is 0 Å². The number of fused-ring (bicyclic) bond motifs is 1. The lowest BCUT2D eigenvalue weighted by molar-refractivity contribution is -0.443. The van der Waals surface area contributed by atoms with Crippen LogP contribution in [-0.4, -0.2) is 150 Å². The number of nitrogens with zero attached hydrogens (tertiary/aromatic N) is 1. The Morgan fingerprint density at radius 2 is 1.49 bits per heavy atom. The van der Waals surface area contributed by atoms with Crippen molar-refractivity contribution in [2.45, 2.75) is 88.0 Å². The van der Waals surface area contributed by atoms with E-state index >= 15 is 0 Å². The monoisotopic (exact) mass is 647 g/mol. The molecule has 17 heteroatoms. The number of benzene rings is 1. The smallest absolute Gasteiger partial charge is 0.339 e. The van der Waals surface area contributed by atoms with Gasteiger partial charge in [0.15, 0.2) is 17.6 Å². The van der Waals surface area contributed by atoms with Crippen molar-refractivity contribution in [2.75, 3.05) is 32.8 Å². The summed E-state index contributed by atoms with van der Waals surface area (Å²) in [6, 6.07) is 2.76. The number of phenols is 1. The van der Waals surface area contributed by atoms with Crippen LogP contribution in [0.2, 0.25) is 0 Å². The van der Waals surface area contributed by atoms with Gasteiger partial charge in [-0.1, -0.05) is 13.8 Å². The van der Waals surface area contributed by atoms with Crippen molar-refractivity contribution in [3.8, 4) is 11.5 Å². The molecule has 0 radical (unpaired) electrons. The fourth-order valence-corrected chi connectivity index (χ4v) is 5.43. The van der Waals surface area contributed by atoms with Crippen molar-refractivity contribution in [1.82, 2.24) is 4.90 Å². The Hall–Kier alpha value is -2.49. The Labute approximate surface area is 256 Å². The Bertz CT molecular complexity index is 1380. The van der Waals surface area contributed by atoms with Gasteiger partial charge in [0.1, 0.15) is 36.6 Å². The Morgan fingerprint density at radius 3 is 2.09 bits per heavy atom. The number of aliphatic hydroxyl groups excluding tert-OH is 7. The number of likely N-dealkylation sites (N-methyl/N-ethyl adjacent to an activating group) is 1. The molecule has 17 nitrogen and oxygen atoms in total. The van der Waals surface area contributed by atoms with Crippen LogP contribution in [0.5, 0.6) is 11.5 Å². The number of aryl methyl sites for hydroxylation is 1. The quantitative estimate of drug-likeness (QED) is 0.105. The van der Waals surface area contributed by atoms with Gasteiger partial charge in [-0.3, -0.25) is 0 Å². The minimum atomic E-state index is -2.90. The predicted molar refractivity (Wildman–Crippen MR) is 150 cm³/mol. The number of rotatable bonds is 11. The van der Waals surface area contributed by atoms with Crippen LogP contribution >= 0.6 is 0 Å². The Kier molecular flexibility index (Phi) is 10.8. The molecule has 2 aliphatic rings. The summed E-state index contributed by atoms with van der Waals surface area (Å²) in [4.78, 5) is 15.0. The summed E-state index contributed by atoms with van der Waals surface area (Å²) < 4.78 is 26.5. The first-order valence-electron chi connectivity index (χ1n) is 14.4. The van der Waals surface area contributed by atoms with Crippen LogP contribution in [0.25, 0.3) is 11.0 Å². The molecule has 4 rings (SSSR count). The summed E-state index contributed by atoms with van der Waals surface area (Å²) in [5.74, 6) is -6.79. The normalized spacial score (nSPS) is 35.7. The average Bonchev–Trinajstić information content (AvgIpc) is 3.02. The molecule has 0 saturated carbocycles. The summed E-state index contributed by atoms with van der Waals surface area (Å²) in [5, 5.41) is 104. The fraction of sp³-hybridized carbons (Fsp3) is 0.679. The van der Waals surface area contributed by atoms with E-state index in [1.54, 1.807) is 6.92 Å². The van der Waals surface area contributed by atoms with Gasteiger partial charge in [0.2, 0.25) is 23.6 Å². The molecule has 2 aliphatic heterocycles. The maximum Gasteiger partial charge on any atom is 0.339 e. The third kappa shape index (κ3) is 6.54. The minimum absolute atomic E-state index is 0.230. The standard InChI is InChI=1S/C28H41NO16/c1-4-29(5-2)9-8-14-12(3)13-6-7-15(16(32)21(13)42-24(14)38)41-25-20(36)18(34)23(28(40,11-31)45-25)43-26-19(35)17(33)22(37)27(39,10-30)44-26/h6-7,17-20,22-23,25-26,30-37,39-40H,4-5,8-11H2,1-3H3/t17-,18-,19-,20-,22-,23?,25?,26?,27-,28-/m1/s1. The molecule has 3 unspecified atom stereocenters. The molecule has 45 heavy (non-hydrogen) atoms. The highest BCUT2D eigenvalue weighted by atomic mass is 16.8. The van der Waals surface area contributed by atoms with Gasteiger partial charge < -0.3 is 79.3 Å². The first-order valence-corrected chi connectivity index (χ1v) is 14.4. The summed E-state index contributed by atoms with van der Waals surface area (Å²) in [6.45, 7) is 5.35. The van der Waals surface area contributed by atoms with Crippen molar-refractivity contribution in [2.24, 2.45) is 0 Å². The Balaban J connectivity index is 1.57. The van der Waals surface area contributed by atoms with Gasteiger partial charge in [-0.2, -0.15) is 0 Å². The lowest BCUT2D eigenvalue weighted by atomic mass is 9.94. The molecule has 3 heterocycles. The molecule has 254 valence electrons. The van der Waals surface area contributed by atoms with E-state index in [9.17, 15) is 55.9 Å². The van der Waals surface area contributed by atoms with Crippen LogP contribution in [0.3, 0.4) is 0 Å². The maximum atomic E-state index is 12.8. The molecule has 1 aromatic carbocycles. The van der Waals surface area contributed by atoms with E-state index in [-0.39, 0.29) is 5.58 Å². The average molecular weight is 648 g/mol. The van der Waals surface area contributed by atoms with Crippen LogP contribution < -0.4 is 10.4 Å². The third-order valence-corrected chi connectivity index (χ3v) is 8.38. The van der Waals surface area contributed by atoms with E-state index in [1.165, 1.54) is 12.1 Å². The summed E-state index contributed by atoms with van der Waals surface area (Å²) >= 11 is 0. The second kappa shape index (κ2) is 13.7. The first kappa shape index (κ1) is 35.4. The zero-order valence-electron chi connectivity index (χ0n) is 24.9. The molecule has 0 spiro atoms. The molecule has 2 aromatic rings. The number of hydrogen-bond acceptors (Lipinski definition) is 17. The van der Waals surface area contributed by atoms with E-state index in [0.29, 0.717) is 29.5 Å². The van der Waals surface area contributed by atoms with E-state index in [4.69, 9.17) is 23.4 Å². The van der Waals surface area contributed by atoms with Crippen LogP contribution in [0.1, 0.15) is 25.0 Å². The fourth-order valence-electron chi connectivity index (χ4n) is 5.43. The molecule has 0 bridgehead atoms. The van der Waals surface area contributed by atoms with Crippen molar-refractivity contribution < 1.29 is 74.4 Å². The van der Waals surface area contributed by atoms with E-state index in [0.717, 1.165) is 13.1 Å². The molecule has 1 aromatic heterocycles. The molecule has 10 N–H and O–H groups in total. The van der Waals surface area contributed by atoms with Crippen molar-refractivity contribution >= 4 is 11.0 Å². The summed E-state index contributed by atoms with van der Waals surface area (Å²) in [5.41, 5.74) is 0.109. The highest BCUT2D eigenvalue weighted by molar-refractivity contribution is 5.88. The number of ether oxygens (including phenoxy) is 4. The van der Waals surface area contributed by atoms with Gasteiger partial charge in [-0.05, 0) is 44.1 Å². The highest BCUT2D eigenvalue weighted by Gasteiger charge is 2.59. The van der Waals surface area contributed by atoms with E-state index in [2.05, 4.69) is 4.90 Å². The highest BCUT2D eigenvalue weighted by Crippen LogP contribution is 2.40. The lowest BCUT2D eigenvalue weighted by Crippen LogP contribution is -2.71. The van der Waals surface area contributed by atoms with E-state index in [1.807, 2.05) is 13.8 Å². The van der Waals surface area contributed by atoms with Gasteiger partial charge >= 0.3 is 5.63 Å². The molecular weight excluding hydrogens is 606 g/mol. The lowest BCUT2D eigenvalue weighted by Gasteiger charge is -2.50. The number of aliphatic hydroxyl groups is 9. The number of phenolic OH excluding ortho intramolecular Hbond substituents is 1. The van der Waals surface area contributed by atoms with Gasteiger partial charge in [0, 0.05) is 17.5 Å². The molecule has 10 atom stereocenters. The summed E-state index contributed by atoms with van der Waals surface area (Å²) in [6.07, 6.45) is -16.6. The van der Waals surface area contributed by atoms with Gasteiger partial charge in [0.05, 0.1) is 13.2 Å².